The van der Waals surface area contributed by atoms with Crippen molar-refractivity contribution in [2.75, 3.05) is 26.4 Å². The zero-order chi connectivity index (χ0) is 48.4. The molecule has 0 aromatic heterocycles. The molecular formula is C54H97O11P. The summed E-state index contributed by atoms with van der Waals surface area (Å²) in [6.07, 6.45) is 49.3. The highest BCUT2D eigenvalue weighted by Gasteiger charge is 2.28. The fourth-order valence-electron chi connectivity index (χ4n) is 7.07. The smallest absolute Gasteiger partial charge is 0.462 e. The minimum atomic E-state index is -4.74. The number of carbonyl (C=O) groups excluding carboxylic acids is 3. The molecule has 0 heterocycles. The van der Waals surface area contributed by atoms with Gasteiger partial charge in [-0.2, -0.15) is 0 Å². The van der Waals surface area contributed by atoms with E-state index < -0.39 is 57.8 Å². The van der Waals surface area contributed by atoms with E-state index in [-0.39, 0.29) is 25.9 Å². The average molecular weight is 953 g/mol. The number of carbonyl (C=O) groups is 3. The maximum Gasteiger partial charge on any atom is 0.472 e. The van der Waals surface area contributed by atoms with Crippen molar-refractivity contribution in [2.24, 2.45) is 0 Å². The maximum atomic E-state index is 12.8. The molecule has 0 aliphatic heterocycles. The minimum Gasteiger partial charge on any atom is -0.462 e. The molecule has 3 atom stereocenters. The lowest BCUT2D eigenvalue weighted by Gasteiger charge is -2.21. The molecular weight excluding hydrogens is 856 g/mol. The summed E-state index contributed by atoms with van der Waals surface area (Å²) in [5.74, 6) is -1.49. The summed E-state index contributed by atoms with van der Waals surface area (Å²) in [6, 6.07) is 0. The van der Waals surface area contributed by atoms with E-state index in [1.54, 1.807) is 0 Å². The van der Waals surface area contributed by atoms with Crippen LogP contribution in [0.25, 0.3) is 0 Å². The molecule has 11 nitrogen and oxygen atoms in total. The number of hydrogen-bond acceptors (Lipinski definition) is 10. The van der Waals surface area contributed by atoms with Gasteiger partial charge in [-0.25, -0.2) is 4.57 Å². The van der Waals surface area contributed by atoms with Crippen molar-refractivity contribution in [3.63, 3.8) is 0 Å². The SMILES string of the molecule is CCC/C=C\C/C=C\CCCCCCCC(=O)OC(CO)COP(=O)(O)OCC(COC(=O)CCCCCCC/C=C\CCCC)OC(=O)CCCCCCC/C=C\CCCCCCCC. The summed E-state index contributed by atoms with van der Waals surface area (Å²) in [6.45, 7) is 4.50. The highest BCUT2D eigenvalue weighted by molar-refractivity contribution is 7.47. The number of phosphoric ester groups is 1. The largest absolute Gasteiger partial charge is 0.472 e. The molecule has 0 spiro atoms. The lowest BCUT2D eigenvalue weighted by atomic mass is 10.1. The molecule has 0 aliphatic carbocycles. The first-order chi connectivity index (χ1) is 32.2. The highest BCUT2D eigenvalue weighted by Crippen LogP contribution is 2.43. The van der Waals surface area contributed by atoms with Crippen LogP contribution in [0.2, 0.25) is 0 Å². The predicted molar refractivity (Wildman–Crippen MR) is 270 cm³/mol. The van der Waals surface area contributed by atoms with Gasteiger partial charge in [-0.05, 0) is 89.9 Å². The molecule has 0 radical (unpaired) electrons. The Kier molecular flexibility index (Phi) is 47.0. The number of esters is 3. The highest BCUT2D eigenvalue weighted by atomic mass is 31.2. The molecule has 0 bridgehead atoms. The minimum absolute atomic E-state index is 0.156. The molecule has 0 rings (SSSR count). The van der Waals surface area contributed by atoms with Crippen molar-refractivity contribution < 1.29 is 52.2 Å². The standard InChI is InChI=1S/C54H97O11P/c1-4-7-10-13-16-19-22-24-25-27-30-33-36-39-42-45-54(58)65-51(47-61-52(56)43-40-37-34-31-28-21-18-15-12-9-6-3)49-63-66(59,60)62-48-50(46-55)64-53(57)44-41-38-35-32-29-26-23-20-17-14-11-8-5-2/h11,14-15,18,20,23-25,50-51,55H,4-10,12-13,16-17,19,21-22,26-49H2,1-3H3,(H,59,60)/b14-11-,18-15-,23-20-,25-24-. The Bertz CT molecular complexity index is 1300. The number of hydrogen-bond donors (Lipinski definition) is 2. The number of aliphatic hydroxyl groups is 1. The molecule has 66 heavy (non-hydrogen) atoms. The second-order valence-corrected chi connectivity index (χ2v) is 19.1. The second kappa shape index (κ2) is 48.9. The van der Waals surface area contributed by atoms with E-state index in [0.717, 1.165) is 122 Å². The third-order valence-electron chi connectivity index (χ3n) is 11.2. The molecule has 2 N–H and O–H groups in total. The van der Waals surface area contributed by atoms with Crippen LogP contribution in [0.5, 0.6) is 0 Å². The Labute approximate surface area is 403 Å². The van der Waals surface area contributed by atoms with Crippen molar-refractivity contribution in [3.05, 3.63) is 48.6 Å². The summed E-state index contributed by atoms with van der Waals surface area (Å²) in [5, 5.41) is 9.77. The number of aliphatic hydroxyl groups excluding tert-OH is 1. The molecule has 0 saturated carbocycles. The number of allylic oxidation sites excluding steroid dienone is 8. The Morgan fingerprint density at radius 3 is 1.24 bits per heavy atom. The lowest BCUT2D eigenvalue weighted by Crippen LogP contribution is -2.30. The summed E-state index contributed by atoms with van der Waals surface area (Å²) < 4.78 is 39.3. The van der Waals surface area contributed by atoms with Crippen LogP contribution in [-0.2, 0) is 42.2 Å². The van der Waals surface area contributed by atoms with Gasteiger partial charge in [-0.1, -0.05) is 179 Å². The van der Waals surface area contributed by atoms with Gasteiger partial charge in [0.2, 0.25) is 0 Å². The average Bonchev–Trinajstić information content (AvgIpc) is 3.30. The third-order valence-corrected chi connectivity index (χ3v) is 12.1. The van der Waals surface area contributed by atoms with E-state index in [2.05, 4.69) is 69.4 Å². The van der Waals surface area contributed by atoms with Gasteiger partial charge in [0.15, 0.2) is 6.10 Å². The normalized spacial score (nSPS) is 13.8. The molecule has 3 unspecified atom stereocenters. The van der Waals surface area contributed by atoms with E-state index >= 15 is 0 Å². The molecule has 0 aromatic carbocycles. The van der Waals surface area contributed by atoms with Crippen LogP contribution in [-0.4, -0.2) is 66.5 Å². The molecule has 0 amide bonds. The van der Waals surface area contributed by atoms with E-state index in [9.17, 15) is 28.9 Å². The Morgan fingerprint density at radius 2 is 0.788 bits per heavy atom. The van der Waals surface area contributed by atoms with Crippen LogP contribution < -0.4 is 0 Å². The first-order valence-electron chi connectivity index (χ1n) is 26.5. The number of rotatable bonds is 49. The van der Waals surface area contributed by atoms with Gasteiger partial charge < -0.3 is 24.2 Å². The van der Waals surface area contributed by atoms with E-state index in [0.29, 0.717) is 19.3 Å². The van der Waals surface area contributed by atoms with Gasteiger partial charge >= 0.3 is 25.7 Å². The summed E-state index contributed by atoms with van der Waals surface area (Å²) in [4.78, 5) is 48.3. The van der Waals surface area contributed by atoms with Gasteiger partial charge in [0.25, 0.3) is 0 Å². The van der Waals surface area contributed by atoms with Crippen molar-refractivity contribution in [2.45, 2.75) is 251 Å². The van der Waals surface area contributed by atoms with Gasteiger partial charge in [0, 0.05) is 19.3 Å². The van der Waals surface area contributed by atoms with Crippen LogP contribution in [0.15, 0.2) is 48.6 Å². The first-order valence-corrected chi connectivity index (χ1v) is 28.0. The second-order valence-electron chi connectivity index (χ2n) is 17.7. The molecule has 0 saturated heterocycles. The first kappa shape index (κ1) is 63.4. The van der Waals surface area contributed by atoms with E-state index in [1.807, 2.05) is 0 Å². The Hall–Kier alpha value is -2.56. The van der Waals surface area contributed by atoms with E-state index in [4.69, 9.17) is 23.3 Å². The topological polar surface area (TPSA) is 155 Å². The quantitative estimate of drug-likeness (QED) is 0.0197. The molecule has 0 fully saturated rings. The van der Waals surface area contributed by atoms with Crippen LogP contribution >= 0.6 is 7.82 Å². The van der Waals surface area contributed by atoms with Gasteiger partial charge in [-0.15, -0.1) is 0 Å². The van der Waals surface area contributed by atoms with Crippen LogP contribution in [0, 0.1) is 0 Å². The maximum absolute atomic E-state index is 12.8. The van der Waals surface area contributed by atoms with Gasteiger partial charge in [0.05, 0.1) is 19.8 Å². The van der Waals surface area contributed by atoms with Crippen molar-refractivity contribution in [1.29, 1.82) is 0 Å². The molecule has 12 heteroatoms. The van der Waals surface area contributed by atoms with E-state index in [1.165, 1.54) is 57.8 Å². The van der Waals surface area contributed by atoms with Gasteiger partial charge in [-0.3, -0.25) is 23.4 Å². The summed E-state index contributed by atoms with van der Waals surface area (Å²) in [7, 11) is -4.74. The summed E-state index contributed by atoms with van der Waals surface area (Å²) >= 11 is 0. The summed E-state index contributed by atoms with van der Waals surface area (Å²) in [5.41, 5.74) is 0. The van der Waals surface area contributed by atoms with Crippen molar-refractivity contribution in [1.82, 2.24) is 0 Å². The Morgan fingerprint density at radius 1 is 0.424 bits per heavy atom. The predicted octanol–water partition coefficient (Wildman–Crippen LogP) is 15.0. The fourth-order valence-corrected chi connectivity index (χ4v) is 7.86. The molecule has 0 aromatic rings. The molecule has 0 aliphatic rings. The number of ether oxygens (including phenoxy) is 3. The van der Waals surface area contributed by atoms with Crippen molar-refractivity contribution >= 4 is 25.7 Å². The van der Waals surface area contributed by atoms with Crippen LogP contribution in [0.1, 0.15) is 239 Å². The Balaban J connectivity index is 4.74. The third kappa shape index (κ3) is 46.5. The molecule has 384 valence electrons. The van der Waals surface area contributed by atoms with Gasteiger partial charge in [0.1, 0.15) is 12.7 Å². The van der Waals surface area contributed by atoms with Crippen molar-refractivity contribution in [3.8, 4) is 0 Å². The zero-order valence-electron chi connectivity index (χ0n) is 42.2. The number of unbranched alkanes of at least 4 members (excludes halogenated alkanes) is 24. The fraction of sp³-hybridized carbons (Fsp3) is 0.796. The monoisotopic (exact) mass is 953 g/mol. The van der Waals surface area contributed by atoms with Crippen LogP contribution in [0.4, 0.5) is 0 Å². The lowest BCUT2D eigenvalue weighted by molar-refractivity contribution is -0.161. The number of phosphoric acid groups is 1. The van der Waals surface area contributed by atoms with Crippen LogP contribution in [0.3, 0.4) is 0 Å². The zero-order valence-corrected chi connectivity index (χ0v) is 43.1.